The molecular formula is C28H38O6. The lowest BCUT2D eigenvalue weighted by atomic mass is 9.46. The van der Waals surface area contributed by atoms with Crippen molar-refractivity contribution in [2.75, 3.05) is 6.61 Å². The lowest BCUT2D eigenvalue weighted by molar-refractivity contribution is -0.209. The number of carbonyl (C=O) groups is 2. The molecule has 9 atom stereocenters. The SMILES string of the molecule is CC12C=CC(=O)C=C1CCC1C2[C@@H](O)CC2(C)C1C[C@H]1O[C@@H](C3CCCCC3)O[C@]12C(=O)CO. The van der Waals surface area contributed by atoms with Crippen LogP contribution in [0.4, 0.5) is 0 Å². The molecule has 6 rings (SSSR count). The van der Waals surface area contributed by atoms with Crippen molar-refractivity contribution in [2.45, 2.75) is 95.7 Å². The largest absolute Gasteiger partial charge is 0.393 e. The second-order valence-electron chi connectivity index (χ2n) is 12.3. The molecule has 5 unspecified atom stereocenters. The summed E-state index contributed by atoms with van der Waals surface area (Å²) in [5.74, 6) is 0.360. The number of fused-ring (bicyclic) bond motifs is 7. The molecule has 4 saturated carbocycles. The van der Waals surface area contributed by atoms with Crippen molar-refractivity contribution in [1.82, 2.24) is 0 Å². The van der Waals surface area contributed by atoms with Crippen LogP contribution in [-0.2, 0) is 19.1 Å². The molecule has 1 aliphatic heterocycles. The van der Waals surface area contributed by atoms with Crippen molar-refractivity contribution in [3.8, 4) is 0 Å². The molecule has 1 heterocycles. The topological polar surface area (TPSA) is 93.1 Å². The average molecular weight is 471 g/mol. The highest BCUT2D eigenvalue weighted by atomic mass is 16.7. The molecule has 5 aliphatic carbocycles. The van der Waals surface area contributed by atoms with Gasteiger partial charge in [-0.1, -0.05) is 44.8 Å². The summed E-state index contributed by atoms with van der Waals surface area (Å²) in [5.41, 5.74) is -1.04. The number of carbonyl (C=O) groups excluding carboxylic acids is 2. The molecule has 0 spiro atoms. The van der Waals surface area contributed by atoms with Crippen LogP contribution in [0.1, 0.15) is 71.6 Å². The van der Waals surface area contributed by atoms with E-state index in [1.807, 2.05) is 6.08 Å². The lowest BCUT2D eigenvalue weighted by Crippen LogP contribution is -2.63. The zero-order valence-electron chi connectivity index (χ0n) is 20.4. The van der Waals surface area contributed by atoms with E-state index in [1.54, 1.807) is 12.2 Å². The molecule has 0 bridgehead atoms. The number of aliphatic hydroxyl groups is 2. The first-order chi connectivity index (χ1) is 16.2. The highest BCUT2D eigenvalue weighted by Crippen LogP contribution is 2.70. The van der Waals surface area contributed by atoms with Crippen molar-refractivity contribution < 1.29 is 29.3 Å². The van der Waals surface area contributed by atoms with Gasteiger partial charge in [0.2, 0.25) is 0 Å². The first kappa shape index (κ1) is 23.1. The van der Waals surface area contributed by atoms with Crippen LogP contribution in [0, 0.1) is 34.5 Å². The van der Waals surface area contributed by atoms with Crippen LogP contribution in [0.25, 0.3) is 0 Å². The minimum absolute atomic E-state index is 0.0100. The van der Waals surface area contributed by atoms with Gasteiger partial charge in [0.15, 0.2) is 23.5 Å². The summed E-state index contributed by atoms with van der Waals surface area (Å²) in [6, 6.07) is 0. The van der Waals surface area contributed by atoms with Gasteiger partial charge in [0.25, 0.3) is 0 Å². The third-order valence-electron chi connectivity index (χ3n) is 10.8. The Morgan fingerprint density at radius 1 is 1.18 bits per heavy atom. The highest BCUT2D eigenvalue weighted by molar-refractivity contribution is 6.01. The zero-order chi connectivity index (χ0) is 23.9. The first-order valence-electron chi connectivity index (χ1n) is 13.3. The molecular weight excluding hydrogens is 432 g/mol. The van der Waals surface area contributed by atoms with Crippen molar-refractivity contribution >= 4 is 11.6 Å². The summed E-state index contributed by atoms with van der Waals surface area (Å²) in [6.45, 7) is 3.69. The fourth-order valence-corrected chi connectivity index (χ4v) is 9.33. The van der Waals surface area contributed by atoms with E-state index in [2.05, 4.69) is 13.8 Å². The number of ether oxygens (including phenoxy) is 2. The molecule has 6 heteroatoms. The van der Waals surface area contributed by atoms with Crippen molar-refractivity contribution in [2.24, 2.45) is 34.5 Å². The molecule has 6 aliphatic rings. The number of allylic oxidation sites excluding steroid dienone is 4. The van der Waals surface area contributed by atoms with Crippen LogP contribution in [0.2, 0.25) is 0 Å². The average Bonchev–Trinajstić information content (AvgIpc) is 3.32. The maximum atomic E-state index is 13.5. The van der Waals surface area contributed by atoms with Gasteiger partial charge in [-0.3, -0.25) is 9.59 Å². The van der Waals surface area contributed by atoms with Crippen molar-refractivity contribution in [1.29, 1.82) is 0 Å². The van der Waals surface area contributed by atoms with Gasteiger partial charge in [0.05, 0.1) is 12.2 Å². The number of ketones is 2. The number of hydrogen-bond donors (Lipinski definition) is 2. The molecule has 34 heavy (non-hydrogen) atoms. The van der Waals surface area contributed by atoms with Crippen LogP contribution in [0.15, 0.2) is 23.8 Å². The van der Waals surface area contributed by atoms with Gasteiger partial charge in [-0.05, 0) is 62.5 Å². The van der Waals surface area contributed by atoms with Gasteiger partial charge < -0.3 is 19.7 Å². The van der Waals surface area contributed by atoms with Gasteiger partial charge in [-0.2, -0.15) is 0 Å². The Labute approximate surface area is 201 Å². The molecule has 6 nitrogen and oxygen atoms in total. The Bertz CT molecular complexity index is 949. The van der Waals surface area contributed by atoms with E-state index in [9.17, 15) is 19.8 Å². The molecule has 0 radical (unpaired) electrons. The highest BCUT2D eigenvalue weighted by Gasteiger charge is 2.76. The van der Waals surface area contributed by atoms with Crippen molar-refractivity contribution in [3.05, 3.63) is 23.8 Å². The van der Waals surface area contributed by atoms with Gasteiger partial charge in [0, 0.05) is 22.7 Å². The lowest BCUT2D eigenvalue weighted by Gasteiger charge is -2.59. The fourth-order valence-electron chi connectivity index (χ4n) is 9.33. The summed E-state index contributed by atoms with van der Waals surface area (Å²) in [5, 5.41) is 21.7. The molecule has 0 amide bonds. The minimum Gasteiger partial charge on any atom is -0.393 e. The van der Waals surface area contributed by atoms with Gasteiger partial charge in [-0.15, -0.1) is 0 Å². The van der Waals surface area contributed by atoms with E-state index in [-0.39, 0.29) is 46.8 Å². The van der Waals surface area contributed by atoms with Crippen LogP contribution in [-0.4, -0.2) is 52.5 Å². The molecule has 0 aromatic rings. The van der Waals surface area contributed by atoms with E-state index >= 15 is 0 Å². The minimum atomic E-state index is -1.20. The molecule has 1 saturated heterocycles. The van der Waals surface area contributed by atoms with E-state index in [4.69, 9.17) is 9.47 Å². The normalized spacial score (nSPS) is 50.2. The standard InChI is InChI=1S/C28H38O6/c1-26-11-10-18(30)12-17(26)8-9-19-20-13-23-28(22(32)15-29,27(20,2)14-21(31)24(19)26)34-25(33-23)16-6-4-3-5-7-16/h10-12,16,19-21,23-25,29,31H,3-9,13-15H2,1-2H3/t19?,20?,21-,23+,24?,25+,26?,27?,28+/m0/s1. The van der Waals surface area contributed by atoms with Crippen molar-refractivity contribution in [3.63, 3.8) is 0 Å². The van der Waals surface area contributed by atoms with E-state index in [0.717, 1.165) is 50.5 Å². The van der Waals surface area contributed by atoms with Crippen LogP contribution < -0.4 is 0 Å². The van der Waals surface area contributed by atoms with E-state index in [0.29, 0.717) is 6.42 Å². The maximum Gasteiger partial charge on any atom is 0.193 e. The Balaban J connectivity index is 1.37. The number of rotatable bonds is 3. The maximum absolute atomic E-state index is 13.5. The molecule has 0 aromatic carbocycles. The third kappa shape index (κ3) is 2.89. The molecule has 5 fully saturated rings. The summed E-state index contributed by atoms with van der Waals surface area (Å²) >= 11 is 0. The Morgan fingerprint density at radius 2 is 1.94 bits per heavy atom. The molecule has 2 N–H and O–H groups in total. The Hall–Kier alpha value is -1.34. The zero-order valence-corrected chi connectivity index (χ0v) is 20.4. The molecule has 0 aromatic heterocycles. The quantitative estimate of drug-likeness (QED) is 0.656. The van der Waals surface area contributed by atoms with Gasteiger partial charge >= 0.3 is 0 Å². The Morgan fingerprint density at radius 3 is 2.68 bits per heavy atom. The van der Waals surface area contributed by atoms with Crippen LogP contribution in [0.5, 0.6) is 0 Å². The Kier molecular flexibility index (Phi) is 5.31. The number of aliphatic hydroxyl groups excluding tert-OH is 2. The smallest absolute Gasteiger partial charge is 0.193 e. The fraction of sp³-hybridized carbons (Fsp3) is 0.786. The van der Waals surface area contributed by atoms with Crippen LogP contribution in [0.3, 0.4) is 0 Å². The second kappa shape index (κ2) is 7.83. The summed E-state index contributed by atoms with van der Waals surface area (Å²) in [4.78, 5) is 25.6. The van der Waals surface area contributed by atoms with Gasteiger partial charge in [0.1, 0.15) is 6.61 Å². The number of Topliss-reactive ketones (excluding diaryl/α,β-unsaturated/α-hetero) is 1. The monoisotopic (exact) mass is 470 g/mol. The second-order valence-corrected chi connectivity index (χ2v) is 12.3. The van der Waals surface area contributed by atoms with Crippen LogP contribution >= 0.6 is 0 Å². The summed E-state index contributed by atoms with van der Waals surface area (Å²) in [7, 11) is 0. The predicted octanol–water partition coefficient (Wildman–Crippen LogP) is 3.50. The van der Waals surface area contributed by atoms with Gasteiger partial charge in [-0.25, -0.2) is 0 Å². The summed E-state index contributed by atoms with van der Waals surface area (Å²) in [6.07, 6.45) is 12.5. The summed E-state index contributed by atoms with van der Waals surface area (Å²) < 4.78 is 13.3. The van der Waals surface area contributed by atoms with E-state index in [1.165, 1.54) is 6.42 Å². The first-order valence-corrected chi connectivity index (χ1v) is 13.3. The molecule has 186 valence electrons. The number of hydrogen-bond acceptors (Lipinski definition) is 6. The third-order valence-corrected chi connectivity index (χ3v) is 10.8. The van der Waals surface area contributed by atoms with E-state index < -0.39 is 30.0 Å². The predicted molar refractivity (Wildman–Crippen MR) is 125 cm³/mol.